The van der Waals surface area contributed by atoms with Crippen LogP contribution in [0.25, 0.3) is 0 Å². The molecule has 0 amide bonds. The maximum Gasteiger partial charge on any atom is 0.0951 e. The smallest absolute Gasteiger partial charge is 0.0951 e. The fourth-order valence-electron chi connectivity index (χ4n) is 2.66. The molecule has 2 heterocycles. The molecule has 3 rings (SSSR count). The molecular formula is C13H15N3O. The van der Waals surface area contributed by atoms with Crippen LogP contribution in [0, 0.1) is 0 Å². The van der Waals surface area contributed by atoms with E-state index in [-0.39, 0.29) is 6.04 Å². The molecule has 0 saturated carbocycles. The fourth-order valence-corrected chi connectivity index (χ4v) is 2.66. The molecule has 1 aliphatic carbocycles. The van der Waals surface area contributed by atoms with Gasteiger partial charge in [-0.2, -0.15) is 0 Å². The second-order valence-electron chi connectivity index (χ2n) is 4.39. The van der Waals surface area contributed by atoms with Crippen molar-refractivity contribution in [3.8, 4) is 0 Å². The van der Waals surface area contributed by atoms with Crippen molar-refractivity contribution in [2.45, 2.75) is 24.8 Å². The van der Waals surface area contributed by atoms with E-state index in [0.29, 0.717) is 5.92 Å². The van der Waals surface area contributed by atoms with E-state index in [4.69, 9.17) is 10.3 Å². The van der Waals surface area contributed by atoms with Crippen LogP contribution in [0.15, 0.2) is 41.3 Å². The van der Waals surface area contributed by atoms with Crippen LogP contribution in [-0.2, 0) is 6.42 Å². The van der Waals surface area contributed by atoms with E-state index in [1.165, 1.54) is 5.56 Å². The van der Waals surface area contributed by atoms with Gasteiger partial charge in [-0.25, -0.2) is 0 Å². The van der Waals surface area contributed by atoms with Gasteiger partial charge in [0.25, 0.3) is 0 Å². The van der Waals surface area contributed by atoms with Gasteiger partial charge in [0, 0.05) is 23.4 Å². The highest BCUT2D eigenvalue weighted by atomic mass is 16.3. The molecule has 0 aliphatic heterocycles. The number of nitrogens with two attached hydrogens (primary N) is 1. The van der Waals surface area contributed by atoms with Crippen molar-refractivity contribution in [3.63, 3.8) is 0 Å². The predicted octanol–water partition coefficient (Wildman–Crippen LogP) is 1.91. The molecule has 0 saturated heterocycles. The van der Waals surface area contributed by atoms with Gasteiger partial charge in [0.05, 0.1) is 18.6 Å². The minimum absolute atomic E-state index is 0.0740. The van der Waals surface area contributed by atoms with Crippen LogP contribution < -0.4 is 11.3 Å². The van der Waals surface area contributed by atoms with E-state index < -0.39 is 0 Å². The van der Waals surface area contributed by atoms with E-state index >= 15 is 0 Å². The quantitative estimate of drug-likeness (QED) is 0.623. The second kappa shape index (κ2) is 4.31. The number of nitrogens with one attached hydrogen (secondary N) is 1. The number of pyridine rings is 1. The topological polar surface area (TPSA) is 64.1 Å². The lowest BCUT2D eigenvalue weighted by Crippen LogP contribution is -2.31. The molecule has 2 aromatic rings. The molecular weight excluding hydrogens is 214 g/mol. The van der Waals surface area contributed by atoms with E-state index in [2.05, 4.69) is 16.5 Å². The Bertz CT molecular complexity index is 495. The Morgan fingerprint density at radius 3 is 3.18 bits per heavy atom. The Morgan fingerprint density at radius 1 is 1.47 bits per heavy atom. The highest BCUT2D eigenvalue weighted by Gasteiger charge is 2.31. The lowest BCUT2D eigenvalue weighted by molar-refractivity contribution is 0.441. The van der Waals surface area contributed by atoms with Gasteiger partial charge in [-0.15, -0.1) is 0 Å². The lowest BCUT2D eigenvalue weighted by Gasteiger charge is -2.21. The summed E-state index contributed by atoms with van der Waals surface area (Å²) in [7, 11) is 0. The van der Waals surface area contributed by atoms with Crippen LogP contribution in [0.3, 0.4) is 0 Å². The molecule has 0 aromatic carbocycles. The number of rotatable bonds is 3. The third-order valence-corrected chi connectivity index (χ3v) is 3.49. The Hall–Kier alpha value is -1.65. The molecule has 2 atom stereocenters. The highest BCUT2D eigenvalue weighted by Crippen LogP contribution is 2.39. The van der Waals surface area contributed by atoms with Crippen LogP contribution >= 0.6 is 0 Å². The van der Waals surface area contributed by atoms with Crippen molar-refractivity contribution in [2.75, 3.05) is 0 Å². The molecule has 17 heavy (non-hydrogen) atoms. The molecule has 0 fully saturated rings. The van der Waals surface area contributed by atoms with E-state index in [9.17, 15) is 0 Å². The summed E-state index contributed by atoms with van der Waals surface area (Å²) < 4.78 is 5.13. The van der Waals surface area contributed by atoms with Crippen LogP contribution in [-0.4, -0.2) is 4.98 Å². The molecule has 2 aromatic heterocycles. The number of hydrazine groups is 1. The molecule has 2 unspecified atom stereocenters. The Balaban J connectivity index is 1.95. The summed E-state index contributed by atoms with van der Waals surface area (Å²) in [4.78, 5) is 4.49. The molecule has 0 radical (unpaired) electrons. The second-order valence-corrected chi connectivity index (χ2v) is 4.39. The molecule has 1 aliphatic rings. The summed E-state index contributed by atoms with van der Waals surface area (Å²) in [6.07, 6.45) is 7.41. The zero-order chi connectivity index (χ0) is 11.7. The van der Waals surface area contributed by atoms with E-state index in [1.807, 2.05) is 18.3 Å². The van der Waals surface area contributed by atoms with Crippen molar-refractivity contribution in [2.24, 2.45) is 5.84 Å². The van der Waals surface area contributed by atoms with Gasteiger partial charge < -0.3 is 4.42 Å². The van der Waals surface area contributed by atoms with Gasteiger partial charge in [0.1, 0.15) is 0 Å². The molecule has 4 heteroatoms. The zero-order valence-electron chi connectivity index (χ0n) is 9.47. The molecule has 4 nitrogen and oxygen atoms in total. The number of nitrogens with zero attached hydrogens (tertiary/aromatic N) is 1. The maximum absolute atomic E-state index is 5.68. The normalized spacial score (nSPS) is 20.2. The fraction of sp³-hybridized carbons (Fsp3) is 0.308. The van der Waals surface area contributed by atoms with E-state index in [1.54, 1.807) is 12.5 Å². The predicted molar refractivity (Wildman–Crippen MR) is 64.1 cm³/mol. The molecule has 0 bridgehead atoms. The first kappa shape index (κ1) is 10.5. The summed E-state index contributed by atoms with van der Waals surface area (Å²) in [5.41, 5.74) is 6.46. The van der Waals surface area contributed by atoms with Gasteiger partial charge in [-0.1, -0.05) is 6.07 Å². The van der Waals surface area contributed by atoms with Gasteiger partial charge >= 0.3 is 0 Å². The number of hydrogen-bond acceptors (Lipinski definition) is 4. The zero-order valence-corrected chi connectivity index (χ0v) is 9.47. The van der Waals surface area contributed by atoms with Crippen molar-refractivity contribution >= 4 is 0 Å². The van der Waals surface area contributed by atoms with Gasteiger partial charge in [0.2, 0.25) is 0 Å². The largest absolute Gasteiger partial charge is 0.472 e. The maximum atomic E-state index is 5.68. The molecule has 0 spiro atoms. The summed E-state index contributed by atoms with van der Waals surface area (Å²) in [6.45, 7) is 0. The minimum Gasteiger partial charge on any atom is -0.472 e. The first-order chi connectivity index (χ1) is 8.40. The summed E-state index contributed by atoms with van der Waals surface area (Å²) in [6, 6.07) is 6.16. The Morgan fingerprint density at radius 2 is 2.41 bits per heavy atom. The summed E-state index contributed by atoms with van der Waals surface area (Å²) >= 11 is 0. The van der Waals surface area contributed by atoms with Crippen LogP contribution in [0.5, 0.6) is 0 Å². The number of hydrogen-bond donors (Lipinski definition) is 2. The van der Waals surface area contributed by atoms with Crippen LogP contribution in [0.2, 0.25) is 0 Å². The number of fused-ring (bicyclic) bond motifs is 1. The third-order valence-electron chi connectivity index (χ3n) is 3.49. The summed E-state index contributed by atoms with van der Waals surface area (Å²) in [5.74, 6) is 6.01. The Kier molecular flexibility index (Phi) is 2.66. The first-order valence-electron chi connectivity index (χ1n) is 5.82. The highest BCUT2D eigenvalue weighted by molar-refractivity contribution is 5.32. The number of aromatic nitrogens is 1. The average Bonchev–Trinajstić information content (AvgIpc) is 3.01. The Labute approximate surface area is 99.8 Å². The van der Waals surface area contributed by atoms with Crippen molar-refractivity contribution in [1.82, 2.24) is 10.4 Å². The number of aryl methyl sites for hydroxylation is 1. The van der Waals surface area contributed by atoms with Gasteiger partial charge in [-0.05, 0) is 30.5 Å². The third kappa shape index (κ3) is 1.75. The van der Waals surface area contributed by atoms with Gasteiger partial charge in [0.15, 0.2) is 0 Å². The monoisotopic (exact) mass is 229 g/mol. The van der Waals surface area contributed by atoms with E-state index in [0.717, 1.165) is 24.1 Å². The number of furan rings is 1. The van der Waals surface area contributed by atoms with Gasteiger partial charge in [-0.3, -0.25) is 16.3 Å². The standard InChI is InChI=1S/C13H15N3O/c14-16-13(10-5-7-17-8-10)11-4-3-9-2-1-6-15-12(9)11/h1-2,5-8,11,13,16H,3-4,14H2. The lowest BCUT2D eigenvalue weighted by atomic mass is 9.93. The SMILES string of the molecule is NNC(c1ccoc1)C1CCc2cccnc21. The molecule has 88 valence electrons. The first-order valence-corrected chi connectivity index (χ1v) is 5.82. The van der Waals surface area contributed by atoms with Crippen LogP contribution in [0.4, 0.5) is 0 Å². The van der Waals surface area contributed by atoms with Crippen molar-refractivity contribution in [1.29, 1.82) is 0 Å². The average molecular weight is 229 g/mol. The molecule has 3 N–H and O–H groups in total. The summed E-state index contributed by atoms with van der Waals surface area (Å²) in [5, 5.41) is 0. The minimum atomic E-state index is 0.0740. The van der Waals surface area contributed by atoms with Crippen molar-refractivity contribution in [3.05, 3.63) is 53.7 Å². The van der Waals surface area contributed by atoms with Crippen LogP contribution in [0.1, 0.15) is 35.2 Å². The van der Waals surface area contributed by atoms with Crippen molar-refractivity contribution < 1.29 is 4.42 Å².